The molecule has 1 aromatic heterocycles. The topological polar surface area (TPSA) is 43.2 Å². The van der Waals surface area contributed by atoms with Crippen LogP contribution in [0, 0.1) is 0 Å². The van der Waals surface area contributed by atoms with Gasteiger partial charge in [0.25, 0.3) is 0 Å². The zero-order valence-corrected chi connectivity index (χ0v) is 13.5. The summed E-state index contributed by atoms with van der Waals surface area (Å²) in [7, 11) is 0. The van der Waals surface area contributed by atoms with E-state index < -0.39 is 0 Å². The molecular formula is C15H14ClN5S. The maximum absolute atomic E-state index is 6.37. The molecular weight excluding hydrogens is 318 g/mol. The second kappa shape index (κ2) is 5.39. The molecule has 1 aromatic carbocycles. The highest BCUT2D eigenvalue weighted by Gasteiger charge is 2.33. The Morgan fingerprint density at radius 3 is 3.00 bits per heavy atom. The molecule has 0 saturated heterocycles. The van der Waals surface area contributed by atoms with Crippen LogP contribution in [0.4, 0.5) is 5.00 Å². The van der Waals surface area contributed by atoms with Crippen molar-refractivity contribution in [2.24, 2.45) is 10.1 Å². The molecule has 4 rings (SSSR count). The van der Waals surface area contributed by atoms with Gasteiger partial charge in [-0.05, 0) is 24.4 Å². The fourth-order valence-electron chi connectivity index (χ4n) is 2.52. The van der Waals surface area contributed by atoms with Crippen LogP contribution < -0.4 is 10.5 Å². The molecule has 0 aliphatic carbocycles. The van der Waals surface area contributed by atoms with Crippen molar-refractivity contribution in [1.82, 2.24) is 10.7 Å². The first-order chi connectivity index (χ1) is 10.8. The first-order valence-corrected chi connectivity index (χ1v) is 8.32. The number of halogens is 1. The fourth-order valence-corrected chi connectivity index (χ4v) is 3.62. The zero-order chi connectivity index (χ0) is 15.1. The van der Waals surface area contributed by atoms with Crippen molar-refractivity contribution in [2.45, 2.75) is 13.5 Å². The summed E-state index contributed by atoms with van der Waals surface area (Å²) in [6, 6.07) is 9.85. The van der Waals surface area contributed by atoms with Gasteiger partial charge in [0.15, 0.2) is 5.84 Å². The summed E-state index contributed by atoms with van der Waals surface area (Å²) < 4.78 is 0. The highest BCUT2D eigenvalue weighted by molar-refractivity contribution is 7.14. The third-order valence-electron chi connectivity index (χ3n) is 3.62. The number of hydrazone groups is 1. The van der Waals surface area contributed by atoms with Gasteiger partial charge in [-0.3, -0.25) is 4.99 Å². The van der Waals surface area contributed by atoms with Crippen molar-refractivity contribution < 1.29 is 0 Å². The van der Waals surface area contributed by atoms with Crippen LogP contribution in [0.3, 0.4) is 0 Å². The Morgan fingerprint density at radius 2 is 2.18 bits per heavy atom. The van der Waals surface area contributed by atoms with Crippen LogP contribution in [0.15, 0.2) is 45.8 Å². The Kier molecular flexibility index (Phi) is 3.37. The van der Waals surface area contributed by atoms with Crippen LogP contribution in [0.5, 0.6) is 0 Å². The molecule has 2 aromatic rings. The van der Waals surface area contributed by atoms with Gasteiger partial charge < -0.3 is 0 Å². The van der Waals surface area contributed by atoms with Gasteiger partial charge in [-0.25, -0.2) is 10.1 Å². The molecule has 3 heterocycles. The molecule has 112 valence electrons. The first-order valence-electron chi connectivity index (χ1n) is 7.06. The number of rotatable bonds is 2. The molecule has 5 nitrogen and oxygen atoms in total. The average Bonchev–Trinajstić information content (AvgIpc) is 3.13. The number of hydrogen-bond acceptors (Lipinski definition) is 6. The number of nitrogens with one attached hydrogen (secondary N) is 1. The number of amidine groups is 1. The Hall–Kier alpha value is -1.89. The SMILES string of the molecule is CCN1N=C2C(c3ccccc3Cl)=NCc3ccsc3N2N1. The molecule has 0 saturated carbocycles. The molecule has 2 aliphatic rings. The van der Waals surface area contributed by atoms with Crippen LogP contribution in [-0.2, 0) is 6.54 Å². The molecule has 0 bridgehead atoms. The smallest absolute Gasteiger partial charge is 0.197 e. The van der Waals surface area contributed by atoms with Gasteiger partial charge >= 0.3 is 0 Å². The second-order valence-electron chi connectivity index (χ2n) is 4.97. The summed E-state index contributed by atoms with van der Waals surface area (Å²) in [5, 5.41) is 12.3. The molecule has 0 spiro atoms. The maximum atomic E-state index is 6.37. The van der Waals surface area contributed by atoms with Gasteiger partial charge in [0.1, 0.15) is 10.7 Å². The Labute approximate surface area is 137 Å². The molecule has 7 heteroatoms. The molecule has 0 amide bonds. The van der Waals surface area contributed by atoms with Gasteiger partial charge in [0.05, 0.1) is 18.1 Å². The summed E-state index contributed by atoms with van der Waals surface area (Å²) in [5.74, 6) is 0.788. The second-order valence-corrected chi connectivity index (χ2v) is 6.27. The minimum absolute atomic E-state index is 0.628. The van der Waals surface area contributed by atoms with E-state index in [-0.39, 0.29) is 0 Å². The predicted octanol–water partition coefficient (Wildman–Crippen LogP) is 3.28. The van der Waals surface area contributed by atoms with Gasteiger partial charge in [-0.2, -0.15) is 0 Å². The van der Waals surface area contributed by atoms with Crippen LogP contribution in [-0.4, -0.2) is 23.2 Å². The van der Waals surface area contributed by atoms with Crippen LogP contribution >= 0.6 is 22.9 Å². The standard InChI is InChI=1S/C15H14ClN5S/c1-2-20-18-14-13(11-5-3-4-6-12(11)16)17-9-10-7-8-22-15(10)21(14)19-20/h3-8,19H,2,9H2,1H3. The van der Waals surface area contributed by atoms with E-state index in [9.17, 15) is 0 Å². The zero-order valence-electron chi connectivity index (χ0n) is 12.0. The van der Waals surface area contributed by atoms with Crippen molar-refractivity contribution in [1.29, 1.82) is 0 Å². The molecule has 2 aliphatic heterocycles. The van der Waals surface area contributed by atoms with Gasteiger partial charge in [-0.1, -0.05) is 29.8 Å². The van der Waals surface area contributed by atoms with Gasteiger partial charge in [-0.15, -0.1) is 22.0 Å². The lowest BCUT2D eigenvalue weighted by Gasteiger charge is -2.20. The summed E-state index contributed by atoms with van der Waals surface area (Å²) in [4.78, 5) is 4.78. The Bertz CT molecular complexity index is 782. The molecule has 22 heavy (non-hydrogen) atoms. The van der Waals surface area contributed by atoms with Crippen LogP contribution in [0.1, 0.15) is 18.1 Å². The van der Waals surface area contributed by atoms with Crippen molar-refractivity contribution in [3.8, 4) is 0 Å². The summed E-state index contributed by atoms with van der Waals surface area (Å²) >= 11 is 8.05. The highest BCUT2D eigenvalue weighted by Crippen LogP contribution is 2.33. The lowest BCUT2D eigenvalue weighted by atomic mass is 10.1. The Balaban J connectivity index is 1.87. The number of hydrazine groups is 2. The van der Waals surface area contributed by atoms with E-state index in [2.05, 4.69) is 22.1 Å². The van der Waals surface area contributed by atoms with Crippen molar-refractivity contribution in [2.75, 3.05) is 11.6 Å². The third-order valence-corrected chi connectivity index (χ3v) is 4.89. The number of nitrogens with zero attached hydrogens (tertiary/aromatic N) is 4. The van der Waals surface area contributed by atoms with Crippen molar-refractivity contribution >= 4 is 39.5 Å². The molecule has 0 unspecified atom stereocenters. The molecule has 0 radical (unpaired) electrons. The summed E-state index contributed by atoms with van der Waals surface area (Å²) in [6.07, 6.45) is 0. The number of aliphatic imine (C=N–C) groups is 1. The van der Waals surface area contributed by atoms with E-state index in [1.807, 2.05) is 36.2 Å². The average molecular weight is 332 g/mol. The van der Waals surface area contributed by atoms with E-state index in [4.69, 9.17) is 16.6 Å². The lowest BCUT2D eigenvalue weighted by Crippen LogP contribution is -2.44. The number of hydrogen-bond donors (Lipinski definition) is 1. The molecule has 0 fully saturated rings. The van der Waals surface area contributed by atoms with E-state index >= 15 is 0 Å². The van der Waals surface area contributed by atoms with Crippen molar-refractivity contribution in [3.63, 3.8) is 0 Å². The fraction of sp³-hybridized carbons (Fsp3) is 0.200. The number of thiophene rings is 1. The largest absolute Gasteiger partial charge is 0.276 e. The third kappa shape index (κ3) is 2.11. The molecule has 1 N–H and O–H groups in total. The summed E-state index contributed by atoms with van der Waals surface area (Å²) in [6.45, 7) is 3.43. The number of fused-ring (bicyclic) bond motifs is 3. The summed E-state index contributed by atoms with van der Waals surface area (Å²) in [5.41, 5.74) is 6.20. The predicted molar refractivity (Wildman–Crippen MR) is 91.4 cm³/mol. The molecule has 0 atom stereocenters. The van der Waals surface area contributed by atoms with Crippen LogP contribution in [0.2, 0.25) is 5.02 Å². The van der Waals surface area contributed by atoms with Crippen LogP contribution in [0.25, 0.3) is 0 Å². The highest BCUT2D eigenvalue weighted by atomic mass is 35.5. The van der Waals surface area contributed by atoms with E-state index in [0.29, 0.717) is 11.6 Å². The lowest BCUT2D eigenvalue weighted by molar-refractivity contribution is 0.236. The van der Waals surface area contributed by atoms with E-state index in [0.717, 1.165) is 28.7 Å². The van der Waals surface area contributed by atoms with E-state index in [1.54, 1.807) is 16.5 Å². The minimum atomic E-state index is 0.628. The van der Waals surface area contributed by atoms with Crippen molar-refractivity contribution in [3.05, 3.63) is 51.9 Å². The van der Waals surface area contributed by atoms with Gasteiger partial charge in [0.2, 0.25) is 0 Å². The maximum Gasteiger partial charge on any atom is 0.197 e. The van der Waals surface area contributed by atoms with E-state index in [1.165, 1.54) is 5.56 Å². The quantitative estimate of drug-likeness (QED) is 0.918. The van der Waals surface area contributed by atoms with Gasteiger partial charge in [0, 0.05) is 11.1 Å². The Morgan fingerprint density at radius 1 is 1.32 bits per heavy atom. The first kappa shape index (κ1) is 13.8. The number of benzene rings is 1. The monoisotopic (exact) mass is 331 g/mol. The normalized spacial score (nSPS) is 16.8. The number of anilines is 1. The minimum Gasteiger partial charge on any atom is -0.276 e.